The number of para-hydroxylation sites is 2. The molecule has 8 aromatic rings. The number of nitrogens with one attached hydrogen (secondary N) is 2. The number of methoxy groups -OCH3 is 2. The zero-order valence-corrected chi connectivity index (χ0v) is 55.5. The molecule has 2 N–H and O–H groups in total. The van der Waals surface area contributed by atoms with Crippen LogP contribution in [0.25, 0.3) is 22.3 Å². The van der Waals surface area contributed by atoms with Crippen LogP contribution in [0.4, 0.5) is 45.5 Å². The van der Waals surface area contributed by atoms with E-state index in [-0.39, 0.29) is 63.4 Å². The maximum Gasteiger partial charge on any atom is 4.00 e. The van der Waals surface area contributed by atoms with Crippen molar-refractivity contribution in [2.45, 2.75) is 120 Å². The minimum absolute atomic E-state index is 0. The Morgan fingerprint density at radius 3 is 1.07 bits per heavy atom. The van der Waals surface area contributed by atoms with Crippen molar-refractivity contribution in [2.24, 2.45) is 0 Å². The van der Waals surface area contributed by atoms with Crippen molar-refractivity contribution in [1.82, 2.24) is 0 Å². The predicted octanol–water partition coefficient (Wildman–Crippen LogP) is 18.9. The van der Waals surface area contributed by atoms with E-state index in [0.29, 0.717) is 38.1 Å². The molecular formula is C74H92N4O4Zr. The summed E-state index contributed by atoms with van der Waals surface area (Å²) >= 11 is 0. The van der Waals surface area contributed by atoms with Gasteiger partial charge in [0.1, 0.15) is 0 Å². The molecule has 0 fully saturated rings. The van der Waals surface area contributed by atoms with Gasteiger partial charge in [-0.1, -0.05) is 200 Å². The third kappa shape index (κ3) is 17.2. The Morgan fingerprint density at radius 2 is 0.759 bits per heavy atom. The fraction of sp³-hybridized carbons (Fsp3) is 0.324. The Kier molecular flexibility index (Phi) is 25.1. The van der Waals surface area contributed by atoms with Gasteiger partial charge in [-0.2, -0.15) is 0 Å². The second-order valence-electron chi connectivity index (χ2n) is 24.0. The first-order valence-electron chi connectivity index (χ1n) is 28.3. The van der Waals surface area contributed by atoms with Crippen molar-refractivity contribution in [3.63, 3.8) is 0 Å². The van der Waals surface area contributed by atoms with Crippen molar-refractivity contribution in [3.8, 4) is 33.8 Å². The Morgan fingerprint density at radius 1 is 0.422 bits per heavy atom. The molecule has 0 aromatic heterocycles. The largest absolute Gasteiger partial charge is 4.00 e. The van der Waals surface area contributed by atoms with Crippen LogP contribution < -0.4 is 30.6 Å². The van der Waals surface area contributed by atoms with E-state index in [9.17, 15) is 10.2 Å². The monoisotopic (exact) mass is 1190 g/mol. The zero-order valence-electron chi connectivity index (χ0n) is 53.0. The first-order valence-corrected chi connectivity index (χ1v) is 28.3. The number of aryl methyl sites for hydroxylation is 4. The first kappa shape index (κ1) is 68.9. The summed E-state index contributed by atoms with van der Waals surface area (Å²) in [4.78, 5) is 4.58. The van der Waals surface area contributed by atoms with Crippen LogP contribution in [0.3, 0.4) is 0 Å². The molecule has 0 amide bonds. The van der Waals surface area contributed by atoms with Crippen molar-refractivity contribution < 1.29 is 45.9 Å². The van der Waals surface area contributed by atoms with E-state index in [2.05, 4.69) is 227 Å². The van der Waals surface area contributed by atoms with Crippen molar-refractivity contribution >= 4 is 45.5 Å². The summed E-state index contributed by atoms with van der Waals surface area (Å²) in [5, 5.41) is 35.1. The SMILES string of the molecule is COCCN(c1cc(C(C)C)ccc1Nc1ccc(C)cc1)c1ccccc1-c1cc(C)cc(C(C)(C)C)c1[O-].COCCN(c1cc(C(C)C)ccc1Nc1ccc(C)cc1)c1ccccc1-c1cc(C)cc(C(C)(C)C)c1[O-].[CH3-].[CH3-].[Zr+4]. The molecule has 0 saturated heterocycles. The summed E-state index contributed by atoms with van der Waals surface area (Å²) in [7, 11) is 3.46. The molecule has 436 valence electrons. The maximum absolute atomic E-state index is 13.9. The van der Waals surface area contributed by atoms with Gasteiger partial charge in [0.15, 0.2) is 0 Å². The second kappa shape index (κ2) is 30.3. The van der Waals surface area contributed by atoms with Crippen LogP contribution in [0.2, 0.25) is 0 Å². The van der Waals surface area contributed by atoms with Crippen molar-refractivity contribution in [2.75, 3.05) is 61.0 Å². The fourth-order valence-electron chi connectivity index (χ4n) is 10.1. The average molecular weight is 1190 g/mol. The van der Waals surface area contributed by atoms with Crippen LogP contribution in [-0.4, -0.2) is 40.5 Å². The fourth-order valence-corrected chi connectivity index (χ4v) is 10.1. The average Bonchev–Trinajstić information content (AvgIpc) is 3.61. The molecule has 0 heterocycles. The van der Waals surface area contributed by atoms with Gasteiger partial charge in [0.25, 0.3) is 0 Å². The molecule has 0 atom stereocenters. The summed E-state index contributed by atoms with van der Waals surface area (Å²) < 4.78 is 11.2. The molecule has 0 aliphatic carbocycles. The second-order valence-corrected chi connectivity index (χ2v) is 24.0. The molecule has 0 unspecified atom stereocenters. The van der Waals surface area contributed by atoms with Crippen LogP contribution in [0.5, 0.6) is 11.5 Å². The standard InChI is InChI=1S/2C36H44N2O2.2CH3.Zr/c2*1-24(2)27-15-18-32(37-28-16-13-25(3)14-17-28)34(23-27)38(19-20-40-8)33-12-10-9-11-29(33)30-21-26(4)22-31(35(30)39)36(5,6)7;;;/h2*9-18,21-24,37,39H,19-20H2,1-8H3;2*1H3;/q;;2*-1;+4/p-2. The van der Waals surface area contributed by atoms with Crippen LogP contribution in [0, 0.1) is 42.5 Å². The molecule has 9 heteroatoms. The molecule has 0 spiro atoms. The van der Waals surface area contributed by atoms with Gasteiger partial charge in [-0.15, -0.1) is 0 Å². The van der Waals surface area contributed by atoms with Gasteiger partial charge in [-0.05, 0) is 144 Å². The molecule has 0 bridgehead atoms. The van der Waals surface area contributed by atoms with Crippen molar-refractivity contribution in [1.29, 1.82) is 0 Å². The number of benzene rings is 8. The van der Waals surface area contributed by atoms with Crippen LogP contribution in [0.15, 0.2) is 158 Å². The Labute approximate surface area is 519 Å². The number of ether oxygens (including phenoxy) is 2. The third-order valence-corrected chi connectivity index (χ3v) is 14.7. The molecule has 8 aromatic carbocycles. The van der Waals surface area contributed by atoms with E-state index in [1.807, 2.05) is 48.5 Å². The van der Waals surface area contributed by atoms with Gasteiger partial charge in [0.2, 0.25) is 0 Å². The van der Waals surface area contributed by atoms with Crippen LogP contribution >= 0.6 is 0 Å². The minimum Gasteiger partial charge on any atom is -0.872 e. The molecule has 0 aliphatic heterocycles. The van der Waals surface area contributed by atoms with Gasteiger partial charge in [0, 0.05) is 61.2 Å². The number of hydrogen-bond donors (Lipinski definition) is 2. The zero-order chi connectivity index (χ0) is 58.1. The summed E-state index contributed by atoms with van der Waals surface area (Å²) in [5.41, 5.74) is 19.7. The smallest absolute Gasteiger partial charge is 0.872 e. The quantitative estimate of drug-likeness (QED) is 0.0821. The topological polar surface area (TPSA) is 95.1 Å². The number of anilines is 8. The predicted molar refractivity (Wildman–Crippen MR) is 350 cm³/mol. The molecule has 83 heavy (non-hydrogen) atoms. The van der Waals surface area contributed by atoms with Gasteiger partial charge < -0.3 is 55.0 Å². The van der Waals surface area contributed by atoms with Gasteiger partial charge >= 0.3 is 26.2 Å². The van der Waals surface area contributed by atoms with E-state index in [1.165, 1.54) is 22.3 Å². The molecule has 8 nitrogen and oxygen atoms in total. The van der Waals surface area contributed by atoms with Crippen molar-refractivity contribution in [3.05, 3.63) is 217 Å². The van der Waals surface area contributed by atoms with E-state index in [1.54, 1.807) is 14.2 Å². The molecule has 0 saturated carbocycles. The first-order chi connectivity index (χ1) is 38.0. The summed E-state index contributed by atoms with van der Waals surface area (Å²) in [6, 6.07) is 54.7. The third-order valence-electron chi connectivity index (χ3n) is 14.7. The summed E-state index contributed by atoms with van der Waals surface area (Å²) in [6.07, 6.45) is 0. The number of nitrogens with zero attached hydrogens (tertiary/aromatic N) is 2. The normalized spacial score (nSPS) is 11.2. The van der Waals surface area contributed by atoms with Crippen LogP contribution in [0.1, 0.15) is 126 Å². The van der Waals surface area contributed by atoms with E-state index in [0.717, 1.165) is 90.0 Å². The maximum atomic E-state index is 13.9. The Bertz CT molecular complexity index is 3130. The van der Waals surface area contributed by atoms with Gasteiger partial charge in [-0.3, -0.25) is 0 Å². The Balaban J connectivity index is 0.000000344. The molecule has 8 rings (SSSR count). The van der Waals surface area contributed by atoms with E-state index >= 15 is 0 Å². The molecular weight excluding hydrogens is 1100 g/mol. The summed E-state index contributed by atoms with van der Waals surface area (Å²) in [5.74, 6) is 0.912. The van der Waals surface area contributed by atoms with Gasteiger partial charge in [0.05, 0.1) is 36.0 Å². The number of hydrogen-bond acceptors (Lipinski definition) is 8. The minimum atomic E-state index is -0.251. The molecule has 0 radical (unpaired) electrons. The summed E-state index contributed by atoms with van der Waals surface area (Å²) in [6.45, 7) is 32.1. The van der Waals surface area contributed by atoms with E-state index < -0.39 is 0 Å². The number of rotatable bonds is 18. The molecule has 0 aliphatic rings. The van der Waals surface area contributed by atoms with Gasteiger partial charge in [-0.25, -0.2) is 0 Å². The Hall–Kier alpha value is -6.64. The van der Waals surface area contributed by atoms with Crippen LogP contribution in [-0.2, 0) is 46.5 Å². The van der Waals surface area contributed by atoms with E-state index in [4.69, 9.17) is 9.47 Å².